The molecule has 3 N–H and O–H groups in total. The van der Waals surface area contributed by atoms with Gasteiger partial charge in [-0.15, -0.1) is 0 Å². The highest BCUT2D eigenvalue weighted by Gasteiger charge is 2.41. The second-order valence-electron chi connectivity index (χ2n) is 5.22. The van der Waals surface area contributed by atoms with E-state index in [4.69, 9.17) is 5.73 Å². The van der Waals surface area contributed by atoms with Gasteiger partial charge in [0, 0.05) is 6.54 Å². The van der Waals surface area contributed by atoms with Crippen LogP contribution in [0.2, 0.25) is 0 Å². The summed E-state index contributed by atoms with van der Waals surface area (Å²) in [5.74, 6) is -0.421. The number of carboxylic acids is 1. The van der Waals surface area contributed by atoms with Crippen molar-refractivity contribution in [2.45, 2.75) is 18.8 Å². The molecule has 0 radical (unpaired) electrons. The zero-order valence-corrected chi connectivity index (χ0v) is 12.6. The van der Waals surface area contributed by atoms with Crippen molar-refractivity contribution in [3.05, 3.63) is 71.8 Å². The fraction of sp³-hybridized carbons (Fsp3) is 0.222. The van der Waals surface area contributed by atoms with Crippen molar-refractivity contribution in [2.24, 2.45) is 10.7 Å². The van der Waals surface area contributed by atoms with E-state index in [1.165, 1.54) is 0 Å². The van der Waals surface area contributed by atoms with Crippen molar-refractivity contribution < 1.29 is 9.90 Å². The molecule has 0 aromatic heterocycles. The Morgan fingerprint density at radius 3 is 1.86 bits per heavy atom. The van der Waals surface area contributed by atoms with Crippen LogP contribution in [-0.2, 0) is 10.2 Å². The first-order valence-corrected chi connectivity index (χ1v) is 7.18. The maximum atomic E-state index is 12.2. The molecule has 22 heavy (non-hydrogen) atoms. The van der Waals surface area contributed by atoms with Gasteiger partial charge in [0.2, 0.25) is 0 Å². The van der Waals surface area contributed by atoms with E-state index in [0.29, 0.717) is 18.8 Å². The molecule has 2 aromatic rings. The maximum Gasteiger partial charge on any atom is 0.318 e. The summed E-state index contributed by atoms with van der Waals surface area (Å²) in [7, 11) is 0. The monoisotopic (exact) mass is 296 g/mol. The first-order chi connectivity index (χ1) is 10.6. The van der Waals surface area contributed by atoms with Crippen LogP contribution in [0.25, 0.3) is 0 Å². The van der Waals surface area contributed by atoms with E-state index in [0.717, 1.165) is 11.1 Å². The van der Waals surface area contributed by atoms with Crippen molar-refractivity contribution in [1.82, 2.24) is 0 Å². The first-order valence-electron chi connectivity index (χ1n) is 7.18. The summed E-state index contributed by atoms with van der Waals surface area (Å²) in [6, 6.07) is 18.6. The molecule has 0 amide bonds. The molecule has 114 valence electrons. The van der Waals surface area contributed by atoms with Gasteiger partial charge in [0.15, 0.2) is 0 Å². The van der Waals surface area contributed by atoms with Crippen LogP contribution < -0.4 is 5.73 Å². The molecule has 0 heterocycles. The lowest BCUT2D eigenvalue weighted by molar-refractivity contribution is -0.142. The second kappa shape index (κ2) is 6.89. The van der Waals surface area contributed by atoms with E-state index >= 15 is 0 Å². The molecule has 2 aromatic carbocycles. The highest BCUT2D eigenvalue weighted by Crippen LogP contribution is 2.36. The largest absolute Gasteiger partial charge is 0.480 e. The lowest BCUT2D eigenvalue weighted by Gasteiger charge is -2.30. The molecule has 0 saturated heterocycles. The summed E-state index contributed by atoms with van der Waals surface area (Å²) < 4.78 is 0. The standard InChI is InChI=1S/C18H20N2O2/c1-14(19)20-13-12-18(17(21)22,15-8-4-2-5-9-15)16-10-6-3-7-11-16/h2-11H,12-13H2,1H3,(H2,19,20)(H,21,22). The number of carboxylic acid groups (broad SMARTS) is 1. The maximum absolute atomic E-state index is 12.2. The van der Waals surface area contributed by atoms with Crippen molar-refractivity contribution in [2.75, 3.05) is 6.54 Å². The molecule has 0 aliphatic heterocycles. The van der Waals surface area contributed by atoms with Crippen LogP contribution in [0.15, 0.2) is 65.7 Å². The van der Waals surface area contributed by atoms with Crippen molar-refractivity contribution in [1.29, 1.82) is 0 Å². The summed E-state index contributed by atoms with van der Waals surface area (Å²) in [5, 5.41) is 10.0. The predicted octanol–water partition coefficient (Wildman–Crippen LogP) is 2.82. The molecule has 2 rings (SSSR count). The second-order valence-corrected chi connectivity index (χ2v) is 5.22. The molecule has 0 saturated carbocycles. The van der Waals surface area contributed by atoms with Crippen LogP contribution in [0, 0.1) is 0 Å². The number of nitrogens with two attached hydrogens (primary N) is 1. The molecular weight excluding hydrogens is 276 g/mol. The number of benzene rings is 2. The van der Waals surface area contributed by atoms with Crippen LogP contribution in [-0.4, -0.2) is 23.5 Å². The summed E-state index contributed by atoms with van der Waals surface area (Å²) in [6.07, 6.45) is 0.352. The van der Waals surface area contributed by atoms with Crippen LogP contribution in [0.4, 0.5) is 0 Å². The van der Waals surface area contributed by atoms with Crippen molar-refractivity contribution >= 4 is 11.8 Å². The third-order valence-electron chi connectivity index (χ3n) is 3.75. The number of carbonyl (C=O) groups is 1. The number of hydrogen-bond donors (Lipinski definition) is 2. The predicted molar refractivity (Wildman–Crippen MR) is 88.1 cm³/mol. The molecule has 0 bridgehead atoms. The van der Waals surface area contributed by atoms with E-state index in [9.17, 15) is 9.90 Å². The molecule has 0 spiro atoms. The lowest BCUT2D eigenvalue weighted by atomic mass is 9.72. The van der Waals surface area contributed by atoms with Gasteiger partial charge in [-0.05, 0) is 24.5 Å². The summed E-state index contributed by atoms with van der Waals surface area (Å²) >= 11 is 0. The fourth-order valence-corrected chi connectivity index (χ4v) is 2.65. The molecule has 0 atom stereocenters. The SMILES string of the molecule is CC(N)=NCCC(C(=O)O)(c1ccccc1)c1ccccc1. The number of nitrogens with zero attached hydrogens (tertiary/aromatic N) is 1. The van der Waals surface area contributed by atoms with Gasteiger partial charge in [0.05, 0.1) is 5.84 Å². The van der Waals surface area contributed by atoms with Crippen LogP contribution in [0.1, 0.15) is 24.5 Å². The van der Waals surface area contributed by atoms with Gasteiger partial charge in [-0.2, -0.15) is 0 Å². The summed E-state index contributed by atoms with van der Waals surface area (Å²) in [5.41, 5.74) is 5.95. The van der Waals surface area contributed by atoms with E-state index in [2.05, 4.69) is 4.99 Å². The van der Waals surface area contributed by atoms with Gasteiger partial charge in [0.25, 0.3) is 0 Å². The highest BCUT2D eigenvalue weighted by atomic mass is 16.4. The Kier molecular flexibility index (Phi) is 4.94. The topological polar surface area (TPSA) is 75.7 Å². The van der Waals surface area contributed by atoms with Crippen molar-refractivity contribution in [3.8, 4) is 0 Å². The van der Waals surface area contributed by atoms with Gasteiger partial charge < -0.3 is 10.8 Å². The fourth-order valence-electron chi connectivity index (χ4n) is 2.65. The van der Waals surface area contributed by atoms with Crippen LogP contribution in [0.5, 0.6) is 0 Å². The Bertz CT molecular complexity index is 608. The van der Waals surface area contributed by atoms with E-state index < -0.39 is 11.4 Å². The Morgan fingerprint density at radius 1 is 1.05 bits per heavy atom. The Hall–Kier alpha value is -2.62. The van der Waals surface area contributed by atoms with Crippen LogP contribution in [0.3, 0.4) is 0 Å². The zero-order valence-electron chi connectivity index (χ0n) is 12.6. The zero-order chi connectivity index (χ0) is 16.0. The quantitative estimate of drug-likeness (QED) is 0.635. The van der Waals surface area contributed by atoms with Crippen LogP contribution >= 0.6 is 0 Å². The minimum Gasteiger partial charge on any atom is -0.480 e. The molecular formula is C18H20N2O2. The third-order valence-corrected chi connectivity index (χ3v) is 3.75. The molecule has 0 unspecified atom stereocenters. The molecule has 0 fully saturated rings. The lowest BCUT2D eigenvalue weighted by Crippen LogP contribution is -2.38. The Balaban J connectivity index is 2.55. The number of aliphatic carboxylic acids is 1. The van der Waals surface area contributed by atoms with E-state index in [-0.39, 0.29) is 0 Å². The minimum atomic E-state index is -1.12. The van der Waals surface area contributed by atoms with Crippen molar-refractivity contribution in [3.63, 3.8) is 0 Å². The molecule has 4 heteroatoms. The number of hydrogen-bond acceptors (Lipinski definition) is 2. The number of aliphatic imine (C=N–C) groups is 1. The third kappa shape index (κ3) is 3.17. The Labute approximate surface area is 130 Å². The first kappa shape index (κ1) is 15.8. The number of amidine groups is 1. The van der Waals surface area contributed by atoms with Gasteiger partial charge in [0.1, 0.15) is 5.41 Å². The highest BCUT2D eigenvalue weighted by molar-refractivity contribution is 5.86. The van der Waals surface area contributed by atoms with Gasteiger partial charge in [-0.25, -0.2) is 0 Å². The smallest absolute Gasteiger partial charge is 0.318 e. The summed E-state index contributed by atoms with van der Waals surface area (Å²) in [6.45, 7) is 2.06. The summed E-state index contributed by atoms with van der Waals surface area (Å²) in [4.78, 5) is 16.4. The average molecular weight is 296 g/mol. The van der Waals surface area contributed by atoms with Gasteiger partial charge in [-0.3, -0.25) is 9.79 Å². The average Bonchev–Trinajstić information content (AvgIpc) is 2.53. The Morgan fingerprint density at radius 2 is 1.50 bits per heavy atom. The molecule has 0 aliphatic carbocycles. The van der Waals surface area contributed by atoms with Gasteiger partial charge in [-0.1, -0.05) is 60.7 Å². The van der Waals surface area contributed by atoms with E-state index in [1.54, 1.807) is 6.92 Å². The normalized spacial score (nSPS) is 12.1. The molecule has 4 nitrogen and oxygen atoms in total. The molecule has 0 aliphatic rings. The number of rotatable bonds is 6. The van der Waals surface area contributed by atoms with E-state index in [1.807, 2.05) is 60.7 Å². The minimum absolute atomic E-state index is 0.352. The van der Waals surface area contributed by atoms with Gasteiger partial charge >= 0.3 is 5.97 Å².